The summed E-state index contributed by atoms with van der Waals surface area (Å²) >= 11 is 0. The van der Waals surface area contributed by atoms with Crippen LogP contribution >= 0.6 is 0 Å². The van der Waals surface area contributed by atoms with Crippen LogP contribution in [0.2, 0.25) is 0 Å². The van der Waals surface area contributed by atoms with Crippen LogP contribution in [-0.2, 0) is 16.0 Å². The number of para-hydroxylation sites is 1. The predicted octanol–water partition coefficient (Wildman–Crippen LogP) is 2.61. The minimum absolute atomic E-state index is 0.0949. The number of fused-ring (bicyclic) bond motifs is 1. The molecule has 0 aliphatic heterocycles. The Hall–Kier alpha value is -2.70. The fourth-order valence-corrected chi connectivity index (χ4v) is 6.58. The van der Waals surface area contributed by atoms with Crippen LogP contribution in [0.3, 0.4) is 0 Å². The summed E-state index contributed by atoms with van der Waals surface area (Å²) in [5.41, 5.74) is 5.69. The Balaban J connectivity index is 1.12. The van der Waals surface area contributed by atoms with Crippen LogP contribution < -0.4 is 16.4 Å². The van der Waals surface area contributed by atoms with Crippen molar-refractivity contribution < 1.29 is 9.59 Å². The van der Waals surface area contributed by atoms with Crippen molar-refractivity contribution in [1.82, 2.24) is 20.8 Å². The smallest absolute Gasteiger partial charge is 0.258 e. The lowest BCUT2D eigenvalue weighted by atomic mass is 9.49. The maximum Gasteiger partial charge on any atom is 0.258 e. The fraction of sp³-hybridized carbons (Fsp3) is 0.565. The van der Waals surface area contributed by atoms with Crippen LogP contribution in [0.15, 0.2) is 29.1 Å². The van der Waals surface area contributed by atoms with E-state index >= 15 is 0 Å². The summed E-state index contributed by atoms with van der Waals surface area (Å²) in [5, 5.41) is 0.530. The van der Waals surface area contributed by atoms with Gasteiger partial charge in [-0.25, -0.2) is 4.98 Å². The molecule has 0 saturated heterocycles. The van der Waals surface area contributed by atoms with E-state index in [2.05, 4.69) is 20.8 Å². The molecule has 4 bridgehead atoms. The molecule has 4 fully saturated rings. The van der Waals surface area contributed by atoms with E-state index in [0.29, 0.717) is 29.6 Å². The van der Waals surface area contributed by atoms with Crippen molar-refractivity contribution in [3.63, 3.8) is 0 Å². The number of aryl methyl sites for hydroxylation is 1. The highest BCUT2D eigenvalue weighted by molar-refractivity contribution is 5.82. The minimum atomic E-state index is -0.287. The third-order valence-electron chi connectivity index (χ3n) is 7.29. The van der Waals surface area contributed by atoms with Crippen molar-refractivity contribution in [3.8, 4) is 0 Å². The van der Waals surface area contributed by atoms with Gasteiger partial charge >= 0.3 is 0 Å². The number of nitrogens with one attached hydrogen (secondary N) is 3. The Morgan fingerprint density at radius 3 is 2.33 bits per heavy atom. The second-order valence-corrected chi connectivity index (χ2v) is 9.72. The largest absolute Gasteiger partial charge is 0.310 e. The average Bonchev–Trinajstić information content (AvgIpc) is 2.69. The zero-order chi connectivity index (χ0) is 20.7. The lowest BCUT2D eigenvalue weighted by Gasteiger charge is -2.56. The molecule has 0 unspecified atom stereocenters. The normalized spacial score (nSPS) is 29.1. The molecule has 4 aliphatic rings. The van der Waals surface area contributed by atoms with E-state index in [1.807, 2.05) is 6.07 Å². The van der Waals surface area contributed by atoms with Gasteiger partial charge in [-0.05, 0) is 73.8 Å². The van der Waals surface area contributed by atoms with Gasteiger partial charge in [-0.15, -0.1) is 0 Å². The second kappa shape index (κ2) is 7.52. The number of H-pyrrole nitrogens is 1. The van der Waals surface area contributed by atoms with Crippen molar-refractivity contribution >= 4 is 22.7 Å². The molecule has 30 heavy (non-hydrogen) atoms. The number of carbonyl (C=O) groups is 2. The fourth-order valence-electron chi connectivity index (χ4n) is 6.58. The van der Waals surface area contributed by atoms with Crippen molar-refractivity contribution in [2.45, 2.75) is 57.8 Å². The molecule has 2 amide bonds. The van der Waals surface area contributed by atoms with Crippen molar-refractivity contribution in [2.75, 3.05) is 0 Å². The molecule has 1 aromatic heterocycles. The molecule has 4 aliphatic carbocycles. The van der Waals surface area contributed by atoms with Crippen LogP contribution in [0.5, 0.6) is 0 Å². The number of hydrogen-bond donors (Lipinski definition) is 3. The van der Waals surface area contributed by atoms with E-state index in [1.54, 1.807) is 18.2 Å². The minimum Gasteiger partial charge on any atom is -0.310 e. The third-order valence-corrected chi connectivity index (χ3v) is 7.29. The summed E-state index contributed by atoms with van der Waals surface area (Å²) in [6, 6.07) is 7.11. The van der Waals surface area contributed by atoms with Gasteiger partial charge in [0.05, 0.1) is 10.9 Å². The van der Waals surface area contributed by atoms with E-state index in [4.69, 9.17) is 0 Å². The van der Waals surface area contributed by atoms with Gasteiger partial charge in [0.1, 0.15) is 5.82 Å². The van der Waals surface area contributed by atoms with E-state index in [0.717, 1.165) is 17.8 Å². The molecule has 3 N–H and O–H groups in total. The number of amides is 2. The Morgan fingerprint density at radius 1 is 1.00 bits per heavy atom. The number of aromatic nitrogens is 2. The number of hydrazine groups is 1. The van der Waals surface area contributed by atoms with Gasteiger partial charge in [-0.2, -0.15) is 0 Å². The van der Waals surface area contributed by atoms with Gasteiger partial charge < -0.3 is 4.98 Å². The molecule has 0 radical (unpaired) electrons. The van der Waals surface area contributed by atoms with Crippen LogP contribution in [-0.4, -0.2) is 21.8 Å². The molecule has 0 atom stereocenters. The van der Waals surface area contributed by atoms with E-state index in [9.17, 15) is 14.4 Å². The maximum atomic E-state index is 12.5. The number of aromatic amines is 1. The highest BCUT2D eigenvalue weighted by atomic mass is 16.2. The third kappa shape index (κ3) is 3.85. The van der Waals surface area contributed by atoms with E-state index in [1.165, 1.54) is 38.5 Å². The van der Waals surface area contributed by atoms with Gasteiger partial charge in [0.15, 0.2) is 0 Å². The average molecular weight is 409 g/mol. The first-order valence-electron chi connectivity index (χ1n) is 11.0. The molecule has 4 saturated carbocycles. The Morgan fingerprint density at radius 2 is 1.63 bits per heavy atom. The van der Waals surface area contributed by atoms with Gasteiger partial charge in [0.25, 0.3) is 5.56 Å². The van der Waals surface area contributed by atoms with Crippen molar-refractivity contribution in [3.05, 3.63) is 40.4 Å². The summed E-state index contributed by atoms with van der Waals surface area (Å²) < 4.78 is 0. The first-order chi connectivity index (χ1) is 14.5. The number of benzene rings is 1. The lowest BCUT2D eigenvalue weighted by Crippen LogP contribution is -2.50. The highest BCUT2D eigenvalue weighted by Gasteiger charge is 2.51. The Bertz CT molecular complexity index is 1010. The molecule has 2 aromatic rings. The Kier molecular flexibility index (Phi) is 4.83. The van der Waals surface area contributed by atoms with Crippen molar-refractivity contribution in [1.29, 1.82) is 0 Å². The zero-order valence-corrected chi connectivity index (χ0v) is 17.1. The standard InChI is InChI=1S/C23H28N4O3/c28-20(6-5-19-24-18-4-2-1-3-17(18)22(30)25-19)26-27-21(29)13-23-10-14-7-15(11-23)9-16(8-14)12-23/h1-4,14-16H,5-13H2,(H,26,28)(H,27,29)(H,24,25,30). The molecule has 158 valence electrons. The molecule has 7 heteroatoms. The summed E-state index contributed by atoms with van der Waals surface area (Å²) in [5.74, 6) is 2.49. The highest BCUT2D eigenvalue weighted by Crippen LogP contribution is 2.61. The number of nitrogens with zero attached hydrogens (tertiary/aromatic N) is 1. The number of rotatable bonds is 5. The predicted molar refractivity (Wildman–Crippen MR) is 112 cm³/mol. The molecular formula is C23H28N4O3. The summed E-state index contributed by atoms with van der Waals surface area (Å²) in [7, 11) is 0. The molecule has 1 aromatic carbocycles. The Labute approximate surface area is 175 Å². The maximum absolute atomic E-state index is 12.5. The SMILES string of the molecule is O=C(CCc1nc2ccccc2c(=O)[nH]1)NNC(=O)CC12CC3CC(CC(C3)C1)C2. The number of hydrogen-bond acceptors (Lipinski definition) is 4. The lowest BCUT2D eigenvalue weighted by molar-refractivity contribution is -0.134. The van der Waals surface area contributed by atoms with Gasteiger partial charge in [-0.3, -0.25) is 25.2 Å². The summed E-state index contributed by atoms with van der Waals surface area (Å²) in [6.45, 7) is 0. The van der Waals surface area contributed by atoms with Gasteiger partial charge in [-0.1, -0.05) is 12.1 Å². The quantitative estimate of drug-likeness (QED) is 0.662. The van der Waals surface area contributed by atoms with Gasteiger partial charge in [0.2, 0.25) is 11.8 Å². The van der Waals surface area contributed by atoms with Gasteiger partial charge in [0, 0.05) is 19.3 Å². The first kappa shape index (κ1) is 19.3. The first-order valence-corrected chi connectivity index (χ1v) is 11.0. The van der Waals surface area contributed by atoms with Crippen LogP contribution in [0.1, 0.15) is 57.2 Å². The van der Waals surface area contributed by atoms with Crippen LogP contribution in [0, 0.1) is 23.2 Å². The van der Waals surface area contributed by atoms with E-state index < -0.39 is 0 Å². The molecule has 6 rings (SSSR count). The van der Waals surface area contributed by atoms with Crippen LogP contribution in [0.4, 0.5) is 0 Å². The number of carbonyl (C=O) groups excluding carboxylic acids is 2. The molecule has 7 nitrogen and oxygen atoms in total. The van der Waals surface area contributed by atoms with Crippen molar-refractivity contribution in [2.24, 2.45) is 23.2 Å². The topological polar surface area (TPSA) is 104 Å². The summed E-state index contributed by atoms with van der Waals surface area (Å²) in [4.78, 5) is 43.9. The molecule has 1 heterocycles. The van der Waals surface area contributed by atoms with E-state index in [-0.39, 0.29) is 29.2 Å². The second-order valence-electron chi connectivity index (χ2n) is 9.72. The zero-order valence-electron chi connectivity index (χ0n) is 17.1. The molecular weight excluding hydrogens is 380 g/mol. The monoisotopic (exact) mass is 408 g/mol. The van der Waals surface area contributed by atoms with Crippen LogP contribution in [0.25, 0.3) is 10.9 Å². The summed E-state index contributed by atoms with van der Waals surface area (Å²) in [6.07, 6.45) is 8.50. The molecule has 0 spiro atoms.